The number of nitrogens with zero attached hydrogens (tertiary/aromatic N) is 3. The van der Waals surface area contributed by atoms with Crippen LogP contribution in [0.1, 0.15) is 41.5 Å². The van der Waals surface area contributed by atoms with Gasteiger partial charge in [-0.3, -0.25) is 9.13 Å². The molecule has 196 valence electrons. The highest BCUT2D eigenvalue weighted by molar-refractivity contribution is 6.07. The van der Waals surface area contributed by atoms with Crippen LogP contribution in [0.2, 0.25) is 0 Å². The molecule has 3 aromatic heterocycles. The number of fused-ring (bicyclic) bond motifs is 2. The van der Waals surface area contributed by atoms with Gasteiger partial charge >= 0.3 is 12.2 Å². The molecule has 0 unspecified atom stereocenters. The predicted molar refractivity (Wildman–Crippen MR) is 151 cm³/mol. The number of aromatic nitrogens is 3. The molecule has 2 aromatic carbocycles. The van der Waals surface area contributed by atoms with Gasteiger partial charge in [-0.25, -0.2) is 9.59 Å². The smallest absolute Gasteiger partial charge is 0.419 e. The van der Waals surface area contributed by atoms with Crippen molar-refractivity contribution in [3.05, 3.63) is 73.3 Å². The highest BCUT2D eigenvalue weighted by Crippen LogP contribution is 2.41. The minimum Gasteiger partial charge on any atom is -0.443 e. The van der Waals surface area contributed by atoms with Gasteiger partial charge in [0.1, 0.15) is 11.2 Å². The van der Waals surface area contributed by atoms with Gasteiger partial charge in [0.2, 0.25) is 0 Å². The molecule has 0 aliphatic carbocycles. The van der Waals surface area contributed by atoms with E-state index in [2.05, 4.69) is 0 Å². The van der Waals surface area contributed by atoms with E-state index in [1.807, 2.05) is 126 Å². The topological polar surface area (TPSA) is 67.4 Å². The first-order valence-corrected chi connectivity index (χ1v) is 12.7. The summed E-state index contributed by atoms with van der Waals surface area (Å²) in [6.45, 7) is 11.1. The maximum atomic E-state index is 13.1. The summed E-state index contributed by atoms with van der Waals surface area (Å²) in [5.41, 5.74) is 3.97. The van der Waals surface area contributed by atoms with Crippen LogP contribution in [0.4, 0.5) is 9.59 Å². The van der Waals surface area contributed by atoms with E-state index in [0.29, 0.717) is 0 Å². The summed E-state index contributed by atoms with van der Waals surface area (Å²) in [7, 11) is 1.97. The monoisotopic (exact) mass is 511 g/mol. The van der Waals surface area contributed by atoms with Gasteiger partial charge in [0.25, 0.3) is 0 Å². The zero-order chi connectivity index (χ0) is 27.4. The van der Waals surface area contributed by atoms with Gasteiger partial charge in [-0.2, -0.15) is 0 Å². The molecule has 0 aliphatic heterocycles. The van der Waals surface area contributed by atoms with Gasteiger partial charge < -0.3 is 14.0 Å². The van der Waals surface area contributed by atoms with Gasteiger partial charge in [0.15, 0.2) is 0 Å². The predicted octanol–water partition coefficient (Wildman–Crippen LogP) is 7.83. The number of hydrogen-bond donors (Lipinski definition) is 0. The van der Waals surface area contributed by atoms with E-state index in [-0.39, 0.29) is 0 Å². The third-order valence-electron chi connectivity index (χ3n) is 6.14. The normalized spacial score (nSPS) is 12.3. The molecule has 0 bridgehead atoms. The molecule has 0 amide bonds. The van der Waals surface area contributed by atoms with E-state index in [9.17, 15) is 9.59 Å². The second-order valence-electron chi connectivity index (χ2n) is 11.6. The second kappa shape index (κ2) is 8.94. The van der Waals surface area contributed by atoms with Crippen molar-refractivity contribution in [3.63, 3.8) is 0 Å². The van der Waals surface area contributed by atoms with Crippen molar-refractivity contribution in [3.8, 4) is 22.3 Å². The van der Waals surface area contributed by atoms with Crippen LogP contribution >= 0.6 is 0 Å². The van der Waals surface area contributed by atoms with Crippen molar-refractivity contribution >= 4 is 34.0 Å². The number of aryl methyl sites for hydroxylation is 1. The zero-order valence-electron chi connectivity index (χ0n) is 22.9. The first kappa shape index (κ1) is 25.4. The molecule has 0 N–H and O–H groups in total. The van der Waals surface area contributed by atoms with Gasteiger partial charge in [-0.1, -0.05) is 36.4 Å². The van der Waals surface area contributed by atoms with E-state index in [1.165, 1.54) is 0 Å². The van der Waals surface area contributed by atoms with Gasteiger partial charge in [-0.15, -0.1) is 0 Å². The maximum absolute atomic E-state index is 13.1. The molecule has 0 spiro atoms. The number of rotatable bonds is 2. The molecular formula is C31H33N3O4. The Kier molecular flexibility index (Phi) is 5.97. The molecule has 0 radical (unpaired) electrons. The van der Waals surface area contributed by atoms with Crippen LogP contribution in [0.3, 0.4) is 0 Å². The average Bonchev–Trinajstić information content (AvgIpc) is 3.49. The lowest BCUT2D eigenvalue weighted by atomic mass is 9.98. The largest absolute Gasteiger partial charge is 0.443 e. The Bertz CT molecular complexity index is 1560. The van der Waals surface area contributed by atoms with E-state index in [1.54, 1.807) is 9.13 Å². The molecule has 5 aromatic rings. The Balaban J connectivity index is 1.70. The van der Waals surface area contributed by atoms with E-state index in [0.717, 1.165) is 44.1 Å². The number of carbonyl (C=O) groups excluding carboxylic acids is 2. The Labute approximate surface area is 222 Å². The first-order valence-electron chi connectivity index (χ1n) is 12.7. The van der Waals surface area contributed by atoms with Crippen molar-refractivity contribution in [2.75, 3.05) is 0 Å². The molecule has 0 atom stereocenters. The van der Waals surface area contributed by atoms with Gasteiger partial charge in [0, 0.05) is 64.9 Å². The lowest BCUT2D eigenvalue weighted by Gasteiger charge is -2.19. The average molecular weight is 512 g/mol. The third kappa shape index (κ3) is 4.72. The molecule has 0 saturated carbocycles. The van der Waals surface area contributed by atoms with Crippen molar-refractivity contribution in [2.45, 2.75) is 52.7 Å². The summed E-state index contributed by atoms with van der Waals surface area (Å²) in [5, 5.41) is 1.86. The third-order valence-corrected chi connectivity index (χ3v) is 6.14. The summed E-state index contributed by atoms with van der Waals surface area (Å²) < 4.78 is 16.5. The van der Waals surface area contributed by atoms with Gasteiger partial charge in [0.05, 0.1) is 11.0 Å². The minimum absolute atomic E-state index is 0.432. The van der Waals surface area contributed by atoms with Crippen LogP contribution in [0.15, 0.2) is 73.3 Å². The summed E-state index contributed by atoms with van der Waals surface area (Å²) in [4.78, 5) is 26.3. The summed E-state index contributed by atoms with van der Waals surface area (Å²) in [6.07, 6.45) is 6.89. The van der Waals surface area contributed by atoms with Crippen molar-refractivity contribution in [1.29, 1.82) is 0 Å². The molecule has 7 nitrogen and oxygen atoms in total. The molecule has 0 aliphatic rings. The van der Waals surface area contributed by atoms with Crippen LogP contribution in [-0.4, -0.2) is 37.1 Å². The van der Waals surface area contributed by atoms with Gasteiger partial charge in [-0.05, 0) is 53.7 Å². The van der Waals surface area contributed by atoms with Crippen LogP contribution in [0.25, 0.3) is 44.1 Å². The Morgan fingerprint density at radius 2 is 0.947 bits per heavy atom. The number of hydrogen-bond acceptors (Lipinski definition) is 4. The second-order valence-corrected chi connectivity index (χ2v) is 11.6. The molecule has 0 saturated heterocycles. The Morgan fingerprint density at radius 3 is 1.32 bits per heavy atom. The fraction of sp³-hybridized carbons (Fsp3) is 0.290. The highest BCUT2D eigenvalue weighted by Gasteiger charge is 2.25. The van der Waals surface area contributed by atoms with Crippen molar-refractivity contribution < 1.29 is 19.1 Å². The lowest BCUT2D eigenvalue weighted by molar-refractivity contribution is 0.0533. The van der Waals surface area contributed by atoms with E-state index < -0.39 is 23.4 Å². The number of carbonyl (C=O) groups is 2. The molecule has 5 rings (SSSR count). The summed E-state index contributed by atoms with van der Waals surface area (Å²) in [5.74, 6) is 0. The van der Waals surface area contributed by atoms with E-state index in [4.69, 9.17) is 9.47 Å². The van der Waals surface area contributed by atoms with Crippen molar-refractivity contribution in [2.24, 2.45) is 7.05 Å². The summed E-state index contributed by atoms with van der Waals surface area (Å²) in [6, 6.07) is 15.6. The van der Waals surface area contributed by atoms with Crippen LogP contribution in [0, 0.1) is 0 Å². The molecule has 7 heteroatoms. The van der Waals surface area contributed by atoms with E-state index >= 15 is 0 Å². The maximum Gasteiger partial charge on any atom is 0.419 e. The van der Waals surface area contributed by atoms with Crippen molar-refractivity contribution in [1.82, 2.24) is 13.7 Å². The Hall–Kier alpha value is -4.26. The number of ether oxygens (including phenoxy) is 2. The fourth-order valence-corrected chi connectivity index (χ4v) is 4.73. The fourth-order valence-electron chi connectivity index (χ4n) is 4.73. The molecule has 3 heterocycles. The van der Waals surface area contributed by atoms with Crippen LogP contribution < -0.4 is 0 Å². The lowest BCUT2D eigenvalue weighted by Crippen LogP contribution is -2.26. The Morgan fingerprint density at radius 1 is 0.579 bits per heavy atom. The minimum atomic E-state index is -0.621. The highest BCUT2D eigenvalue weighted by atomic mass is 16.6. The standard InChI is InChI=1S/C31H33N3O4/c1-30(2,3)37-28(35)33-18-24(20-12-8-10-14-26(20)33)22-16-32(7)17-23(22)25-19-34(29(36)38-31(4,5)6)27-15-11-9-13-21(25)27/h8-19H,1-7H3. The number of benzene rings is 2. The van der Waals surface area contributed by atoms with Crippen LogP contribution in [-0.2, 0) is 16.5 Å². The molecular weight excluding hydrogens is 478 g/mol. The summed E-state index contributed by atoms with van der Waals surface area (Å²) >= 11 is 0. The number of para-hydroxylation sites is 2. The SMILES string of the molecule is Cn1cc(-c2cn(C(=O)OC(C)(C)C)c3ccccc23)c(-c2cn(C(=O)OC(C)(C)C)c3ccccc23)c1. The first-order chi connectivity index (χ1) is 17.8. The molecule has 0 fully saturated rings. The molecule has 38 heavy (non-hydrogen) atoms. The quantitative estimate of drug-likeness (QED) is 0.242. The van der Waals surface area contributed by atoms with Crippen LogP contribution in [0.5, 0.6) is 0 Å². The zero-order valence-corrected chi connectivity index (χ0v) is 22.9.